The van der Waals surface area contributed by atoms with Gasteiger partial charge < -0.3 is 5.11 Å². The van der Waals surface area contributed by atoms with Crippen LogP contribution in [0, 0.1) is 11.3 Å². The normalized spacial score (nSPS) is 13.2. The van der Waals surface area contributed by atoms with E-state index in [0.29, 0.717) is 5.06 Å². The van der Waals surface area contributed by atoms with Crippen LogP contribution in [0.3, 0.4) is 0 Å². The van der Waals surface area contributed by atoms with E-state index in [2.05, 4.69) is 0 Å². The molecule has 0 aromatic heterocycles. The third-order valence-electron chi connectivity index (χ3n) is 1.10. The number of hydrogen-bond donors (Lipinski definition) is 1. The van der Waals surface area contributed by atoms with Crippen molar-refractivity contribution in [2.75, 3.05) is 0 Å². The van der Waals surface area contributed by atoms with Gasteiger partial charge in [0, 0.05) is 0 Å². The van der Waals surface area contributed by atoms with Gasteiger partial charge >= 0.3 is 6.09 Å². The highest BCUT2D eigenvalue weighted by Gasteiger charge is 2.25. The molecule has 0 aliphatic carbocycles. The van der Waals surface area contributed by atoms with Gasteiger partial charge in [0.1, 0.15) is 6.04 Å². The van der Waals surface area contributed by atoms with Crippen LogP contribution in [0.2, 0.25) is 0 Å². The smallest absolute Gasteiger partial charge is 0.432 e. The largest absolute Gasteiger partial charge is 0.463 e. The molecule has 0 saturated heterocycles. The van der Waals surface area contributed by atoms with Gasteiger partial charge in [0.25, 0.3) is 0 Å². The Bertz CT molecular complexity index is 227. The summed E-state index contributed by atoms with van der Waals surface area (Å²) in [5.74, 6) is 0. The molecule has 0 rings (SSSR count). The van der Waals surface area contributed by atoms with Gasteiger partial charge in [0.2, 0.25) is 0 Å². The third kappa shape index (κ3) is 4.33. The summed E-state index contributed by atoms with van der Waals surface area (Å²) in [4.78, 5) is 15.7. The molecule has 0 aromatic carbocycles. The molecule has 0 radical (unpaired) electrons. The van der Waals surface area contributed by atoms with Crippen LogP contribution in [0.1, 0.15) is 27.7 Å². The molecule has 1 atom stereocenters. The number of nitrogens with zero attached hydrogens (tertiary/aromatic N) is 2. The number of amides is 1. The van der Waals surface area contributed by atoms with E-state index in [4.69, 9.17) is 15.2 Å². The van der Waals surface area contributed by atoms with Crippen LogP contribution in [0.25, 0.3) is 0 Å². The first-order chi connectivity index (χ1) is 5.78. The summed E-state index contributed by atoms with van der Waals surface area (Å²) in [6.45, 7) is 6.60. The Balaban J connectivity index is 4.47. The van der Waals surface area contributed by atoms with E-state index < -0.39 is 17.7 Å². The van der Waals surface area contributed by atoms with Crippen LogP contribution in [-0.2, 0) is 4.84 Å². The second kappa shape index (κ2) is 4.10. The summed E-state index contributed by atoms with van der Waals surface area (Å²) in [5, 5.41) is 17.9. The minimum atomic E-state index is -1.26. The highest BCUT2D eigenvalue weighted by atomic mass is 16.7. The van der Waals surface area contributed by atoms with E-state index in [0.717, 1.165) is 0 Å². The zero-order valence-electron chi connectivity index (χ0n) is 8.24. The van der Waals surface area contributed by atoms with E-state index in [1.807, 2.05) is 0 Å². The van der Waals surface area contributed by atoms with Crippen LogP contribution in [0.15, 0.2) is 0 Å². The molecule has 5 nitrogen and oxygen atoms in total. The molecule has 1 N–H and O–H groups in total. The van der Waals surface area contributed by atoms with Crippen molar-refractivity contribution in [2.24, 2.45) is 0 Å². The number of rotatable bonds is 2. The minimum absolute atomic E-state index is 0.622. The van der Waals surface area contributed by atoms with Gasteiger partial charge in [0.15, 0.2) is 0 Å². The lowest BCUT2D eigenvalue weighted by atomic mass is 10.2. The number of hydroxylamine groups is 2. The fourth-order valence-electron chi connectivity index (χ4n) is 0.631. The average molecular weight is 186 g/mol. The number of carbonyl (C=O) groups is 1. The van der Waals surface area contributed by atoms with Crippen molar-refractivity contribution < 1.29 is 14.7 Å². The summed E-state index contributed by atoms with van der Waals surface area (Å²) in [7, 11) is 0. The first kappa shape index (κ1) is 11.7. The molecule has 0 aliphatic heterocycles. The van der Waals surface area contributed by atoms with E-state index >= 15 is 0 Å². The van der Waals surface area contributed by atoms with Crippen molar-refractivity contribution in [2.45, 2.75) is 39.3 Å². The summed E-state index contributed by atoms with van der Waals surface area (Å²) >= 11 is 0. The SMILES string of the molecule is CC(C#N)N(OC(C)(C)C)C(=O)O. The van der Waals surface area contributed by atoms with Crippen LogP contribution in [-0.4, -0.2) is 27.9 Å². The second-order valence-corrected chi connectivity index (χ2v) is 3.62. The highest BCUT2D eigenvalue weighted by molar-refractivity contribution is 5.64. The maximum absolute atomic E-state index is 10.6. The Morgan fingerprint density at radius 3 is 2.31 bits per heavy atom. The van der Waals surface area contributed by atoms with Crippen molar-refractivity contribution in [1.82, 2.24) is 5.06 Å². The molecule has 1 unspecified atom stereocenters. The molecule has 74 valence electrons. The molecule has 0 heterocycles. The Hall–Kier alpha value is -1.28. The molecule has 13 heavy (non-hydrogen) atoms. The first-order valence-electron chi connectivity index (χ1n) is 3.89. The van der Waals surface area contributed by atoms with Crippen LogP contribution in [0.5, 0.6) is 0 Å². The molecule has 0 saturated carbocycles. The number of carboxylic acid groups (broad SMARTS) is 1. The quantitative estimate of drug-likeness (QED) is 0.665. The first-order valence-corrected chi connectivity index (χ1v) is 3.89. The Labute approximate surface area is 77.5 Å². The van der Waals surface area contributed by atoms with Crippen molar-refractivity contribution in [3.8, 4) is 6.07 Å². The summed E-state index contributed by atoms with van der Waals surface area (Å²) in [5.41, 5.74) is -0.622. The highest BCUT2D eigenvalue weighted by Crippen LogP contribution is 2.12. The van der Waals surface area contributed by atoms with E-state index in [9.17, 15) is 4.79 Å². The summed E-state index contributed by atoms with van der Waals surface area (Å²) in [6.07, 6.45) is -1.26. The number of nitriles is 1. The van der Waals surface area contributed by atoms with Crippen molar-refractivity contribution in [3.63, 3.8) is 0 Å². The molecular formula is C8H14N2O3. The Morgan fingerprint density at radius 1 is 1.62 bits per heavy atom. The van der Waals surface area contributed by atoms with Crippen molar-refractivity contribution in [1.29, 1.82) is 5.26 Å². The van der Waals surface area contributed by atoms with E-state index in [1.54, 1.807) is 26.8 Å². The lowest BCUT2D eigenvalue weighted by Crippen LogP contribution is -2.42. The predicted octanol–water partition coefficient (Wildman–Crippen LogP) is 1.61. The third-order valence-corrected chi connectivity index (χ3v) is 1.10. The van der Waals surface area contributed by atoms with Crippen LogP contribution in [0.4, 0.5) is 4.79 Å². The summed E-state index contributed by atoms with van der Waals surface area (Å²) in [6, 6.07) is 0.980. The maximum atomic E-state index is 10.6. The van der Waals surface area contributed by atoms with E-state index in [-0.39, 0.29) is 0 Å². The summed E-state index contributed by atoms with van der Waals surface area (Å²) < 4.78 is 0. The maximum Gasteiger partial charge on any atom is 0.432 e. The lowest BCUT2D eigenvalue weighted by Gasteiger charge is -2.28. The van der Waals surface area contributed by atoms with Gasteiger partial charge in [-0.1, -0.05) is 0 Å². The van der Waals surface area contributed by atoms with Gasteiger partial charge in [-0.25, -0.2) is 4.79 Å². The van der Waals surface area contributed by atoms with Gasteiger partial charge in [-0.05, 0) is 27.7 Å². The minimum Gasteiger partial charge on any atom is -0.463 e. The van der Waals surface area contributed by atoms with Gasteiger partial charge in [0.05, 0.1) is 11.7 Å². The predicted molar refractivity (Wildman–Crippen MR) is 45.8 cm³/mol. The molecule has 1 amide bonds. The fraction of sp³-hybridized carbons (Fsp3) is 0.750. The Kier molecular flexibility index (Phi) is 3.69. The standard InChI is InChI=1S/C8H14N2O3/c1-6(5-9)10(7(11)12)13-8(2,3)4/h6H,1-4H3,(H,11,12). The van der Waals surface area contributed by atoms with Crippen LogP contribution < -0.4 is 0 Å². The van der Waals surface area contributed by atoms with Crippen molar-refractivity contribution in [3.05, 3.63) is 0 Å². The van der Waals surface area contributed by atoms with Gasteiger partial charge in [-0.2, -0.15) is 10.3 Å². The molecule has 0 aliphatic rings. The topological polar surface area (TPSA) is 73.6 Å². The fourth-order valence-corrected chi connectivity index (χ4v) is 0.631. The Morgan fingerprint density at radius 2 is 2.08 bits per heavy atom. The molecule has 5 heteroatoms. The van der Waals surface area contributed by atoms with Gasteiger partial charge in [-0.15, -0.1) is 0 Å². The molecule has 0 aromatic rings. The number of hydrogen-bond acceptors (Lipinski definition) is 3. The monoisotopic (exact) mass is 186 g/mol. The van der Waals surface area contributed by atoms with Crippen LogP contribution >= 0.6 is 0 Å². The van der Waals surface area contributed by atoms with E-state index in [1.165, 1.54) is 6.92 Å². The average Bonchev–Trinajstić information content (AvgIpc) is 1.96. The molecule has 0 spiro atoms. The molecule has 0 bridgehead atoms. The molecule has 0 fully saturated rings. The zero-order valence-corrected chi connectivity index (χ0v) is 8.24. The zero-order chi connectivity index (χ0) is 10.6. The van der Waals surface area contributed by atoms with Crippen molar-refractivity contribution >= 4 is 6.09 Å². The molecular weight excluding hydrogens is 172 g/mol. The van der Waals surface area contributed by atoms with Gasteiger partial charge in [-0.3, -0.25) is 4.84 Å². The lowest BCUT2D eigenvalue weighted by molar-refractivity contribution is -0.211. The second-order valence-electron chi connectivity index (χ2n) is 3.62.